The molecule has 2 saturated heterocycles. The van der Waals surface area contributed by atoms with Crippen LogP contribution in [0.1, 0.15) is 12.8 Å². The molecule has 0 saturated carbocycles. The van der Waals surface area contributed by atoms with E-state index < -0.39 is 24.0 Å². The van der Waals surface area contributed by atoms with Crippen molar-refractivity contribution in [3.05, 3.63) is 0 Å². The van der Waals surface area contributed by atoms with Gasteiger partial charge in [-0.25, -0.2) is 4.79 Å². The highest BCUT2D eigenvalue weighted by Crippen LogP contribution is 2.24. The highest BCUT2D eigenvalue weighted by molar-refractivity contribution is 5.87. The van der Waals surface area contributed by atoms with Gasteiger partial charge in [0.2, 0.25) is 5.91 Å². The first kappa shape index (κ1) is 15.6. The Morgan fingerprint density at radius 3 is 2.67 bits per heavy atom. The van der Waals surface area contributed by atoms with Crippen LogP contribution >= 0.6 is 0 Å². The Morgan fingerprint density at radius 1 is 1.33 bits per heavy atom. The number of urea groups is 1. The minimum Gasteiger partial charge on any atom is -0.481 e. The first-order valence-electron chi connectivity index (χ1n) is 7.03. The second kappa shape index (κ2) is 6.30. The third-order valence-electron chi connectivity index (χ3n) is 4.21. The number of rotatable bonds is 3. The number of likely N-dealkylation sites (N-methyl/N-ethyl adjacent to an activating group) is 2. The Balaban J connectivity index is 2.08. The summed E-state index contributed by atoms with van der Waals surface area (Å²) in [5.74, 6) is -1.88. The van der Waals surface area contributed by atoms with E-state index in [1.807, 2.05) is 0 Å². The lowest BCUT2D eigenvalue weighted by Crippen LogP contribution is -2.53. The summed E-state index contributed by atoms with van der Waals surface area (Å²) < 4.78 is 5.19. The molecule has 2 N–H and O–H groups in total. The smallest absolute Gasteiger partial charge is 0.320 e. The van der Waals surface area contributed by atoms with Crippen LogP contribution in [0.5, 0.6) is 0 Å². The summed E-state index contributed by atoms with van der Waals surface area (Å²) in [6.07, 6.45) is 1.39. The van der Waals surface area contributed by atoms with Crippen LogP contribution in [0.4, 0.5) is 4.79 Å². The Labute approximate surface area is 123 Å². The zero-order chi connectivity index (χ0) is 15.6. The molecule has 118 valence electrons. The number of ether oxygens (including phenoxy) is 1. The van der Waals surface area contributed by atoms with Gasteiger partial charge in [0.1, 0.15) is 12.0 Å². The molecule has 0 aromatic heterocycles. The largest absolute Gasteiger partial charge is 0.481 e. The fourth-order valence-electron chi connectivity index (χ4n) is 2.94. The molecule has 21 heavy (non-hydrogen) atoms. The number of amides is 3. The van der Waals surface area contributed by atoms with Gasteiger partial charge in [0.25, 0.3) is 0 Å². The Kier molecular flexibility index (Phi) is 4.66. The highest BCUT2D eigenvalue weighted by atomic mass is 16.5. The topological polar surface area (TPSA) is 99.2 Å². The van der Waals surface area contributed by atoms with Crippen LogP contribution in [-0.4, -0.2) is 78.8 Å². The van der Waals surface area contributed by atoms with Crippen LogP contribution in [-0.2, 0) is 14.3 Å². The van der Waals surface area contributed by atoms with E-state index in [1.165, 1.54) is 16.8 Å². The van der Waals surface area contributed by atoms with E-state index in [2.05, 4.69) is 5.32 Å². The molecular weight excluding hydrogens is 278 g/mol. The van der Waals surface area contributed by atoms with E-state index in [1.54, 1.807) is 7.05 Å². The first-order valence-corrected chi connectivity index (χ1v) is 7.03. The van der Waals surface area contributed by atoms with Crippen LogP contribution in [0, 0.1) is 5.92 Å². The number of carbonyl (C=O) groups excluding carboxylic acids is 2. The van der Waals surface area contributed by atoms with Gasteiger partial charge in [-0.3, -0.25) is 9.59 Å². The molecule has 2 rings (SSSR count). The molecule has 0 aliphatic carbocycles. The van der Waals surface area contributed by atoms with Crippen LogP contribution in [0.15, 0.2) is 0 Å². The summed E-state index contributed by atoms with van der Waals surface area (Å²) in [5, 5.41) is 11.7. The lowest BCUT2D eigenvalue weighted by atomic mass is 10.0. The predicted molar refractivity (Wildman–Crippen MR) is 72.7 cm³/mol. The maximum absolute atomic E-state index is 12.6. The van der Waals surface area contributed by atoms with Crippen molar-refractivity contribution >= 4 is 17.9 Å². The zero-order valence-electron chi connectivity index (χ0n) is 12.2. The molecule has 0 spiro atoms. The quantitative estimate of drug-likeness (QED) is 0.721. The van der Waals surface area contributed by atoms with Gasteiger partial charge in [0.15, 0.2) is 0 Å². The summed E-state index contributed by atoms with van der Waals surface area (Å²) in [5.41, 5.74) is 0. The van der Waals surface area contributed by atoms with E-state index in [9.17, 15) is 14.4 Å². The van der Waals surface area contributed by atoms with Crippen molar-refractivity contribution in [2.45, 2.75) is 24.9 Å². The number of carbonyl (C=O) groups is 3. The second-order valence-electron chi connectivity index (χ2n) is 5.41. The molecule has 0 radical (unpaired) electrons. The number of nitrogens with one attached hydrogen (secondary N) is 1. The molecule has 8 heteroatoms. The van der Waals surface area contributed by atoms with E-state index in [-0.39, 0.29) is 25.2 Å². The fourth-order valence-corrected chi connectivity index (χ4v) is 2.94. The van der Waals surface area contributed by atoms with Crippen LogP contribution in [0.25, 0.3) is 0 Å². The molecule has 2 fully saturated rings. The van der Waals surface area contributed by atoms with Crippen LogP contribution in [0.3, 0.4) is 0 Å². The Morgan fingerprint density at radius 2 is 2.05 bits per heavy atom. The van der Waals surface area contributed by atoms with E-state index in [0.29, 0.717) is 13.0 Å². The van der Waals surface area contributed by atoms with Gasteiger partial charge in [-0.1, -0.05) is 0 Å². The normalized spacial score (nSPS) is 28.5. The van der Waals surface area contributed by atoms with E-state index in [0.717, 1.165) is 6.42 Å². The van der Waals surface area contributed by atoms with Gasteiger partial charge in [-0.2, -0.15) is 0 Å². The number of carboxylic acid groups (broad SMARTS) is 1. The van der Waals surface area contributed by atoms with Crippen molar-refractivity contribution in [1.82, 2.24) is 15.1 Å². The van der Waals surface area contributed by atoms with Gasteiger partial charge in [-0.05, 0) is 12.8 Å². The van der Waals surface area contributed by atoms with Gasteiger partial charge in [-0.15, -0.1) is 0 Å². The minimum absolute atomic E-state index is 0.108. The van der Waals surface area contributed by atoms with E-state index >= 15 is 0 Å². The highest BCUT2D eigenvalue weighted by Gasteiger charge is 2.42. The van der Waals surface area contributed by atoms with Gasteiger partial charge in [0, 0.05) is 20.6 Å². The molecule has 3 unspecified atom stereocenters. The van der Waals surface area contributed by atoms with Crippen molar-refractivity contribution in [3.8, 4) is 0 Å². The van der Waals surface area contributed by atoms with Crippen molar-refractivity contribution < 1.29 is 24.2 Å². The molecule has 3 atom stereocenters. The number of nitrogens with zero attached hydrogens (tertiary/aromatic N) is 2. The molecule has 3 amide bonds. The zero-order valence-corrected chi connectivity index (χ0v) is 12.2. The summed E-state index contributed by atoms with van der Waals surface area (Å²) in [7, 11) is 3.11. The van der Waals surface area contributed by atoms with Gasteiger partial charge in [0.05, 0.1) is 19.3 Å². The molecular formula is C13H21N3O5. The summed E-state index contributed by atoms with van der Waals surface area (Å²) in [6, 6.07) is -1.29. The Hall–Kier alpha value is -1.83. The minimum atomic E-state index is -0.971. The first-order chi connectivity index (χ1) is 9.97. The number of carboxylic acids is 1. The van der Waals surface area contributed by atoms with Crippen molar-refractivity contribution in [2.75, 3.05) is 33.9 Å². The molecule has 0 bridgehead atoms. The lowest BCUT2D eigenvalue weighted by Gasteiger charge is -2.33. The molecule has 0 aromatic rings. The number of likely N-dealkylation sites (tertiary alicyclic amines) is 1. The average molecular weight is 299 g/mol. The lowest BCUT2D eigenvalue weighted by molar-refractivity contribution is -0.142. The van der Waals surface area contributed by atoms with Crippen molar-refractivity contribution in [2.24, 2.45) is 5.92 Å². The molecule has 2 aliphatic rings. The van der Waals surface area contributed by atoms with Crippen molar-refractivity contribution in [1.29, 1.82) is 0 Å². The number of aliphatic carboxylic acids is 1. The summed E-state index contributed by atoms with van der Waals surface area (Å²) >= 11 is 0. The standard InChI is InChI=1S/C13H21N3O5/c1-14-11(17)9-4-3-5-16(9)13(20)15(2)10-7-21-6-8(10)12(18)19/h8-10H,3-7H2,1-2H3,(H,14,17)(H,18,19). The van der Waals surface area contributed by atoms with Gasteiger partial charge >= 0.3 is 12.0 Å². The summed E-state index contributed by atoms with van der Waals surface area (Å²) in [4.78, 5) is 38.4. The average Bonchev–Trinajstić information content (AvgIpc) is 3.13. The number of hydrogen-bond acceptors (Lipinski definition) is 4. The molecule has 8 nitrogen and oxygen atoms in total. The predicted octanol–water partition coefficient (Wildman–Crippen LogP) is -0.652. The fraction of sp³-hybridized carbons (Fsp3) is 0.769. The Bertz CT molecular complexity index is 442. The second-order valence-corrected chi connectivity index (χ2v) is 5.41. The SMILES string of the molecule is CNC(=O)C1CCCN1C(=O)N(C)C1COCC1C(=O)O. The van der Waals surface area contributed by atoms with Crippen LogP contribution in [0.2, 0.25) is 0 Å². The van der Waals surface area contributed by atoms with Crippen molar-refractivity contribution in [3.63, 3.8) is 0 Å². The molecule has 2 aliphatic heterocycles. The molecule has 0 aromatic carbocycles. The maximum Gasteiger partial charge on any atom is 0.320 e. The monoisotopic (exact) mass is 299 g/mol. The van der Waals surface area contributed by atoms with Gasteiger partial charge < -0.3 is 25.0 Å². The van der Waals surface area contributed by atoms with Crippen LogP contribution < -0.4 is 5.32 Å². The third kappa shape index (κ3) is 2.94. The maximum atomic E-state index is 12.6. The van der Waals surface area contributed by atoms with E-state index in [4.69, 9.17) is 9.84 Å². The summed E-state index contributed by atoms with van der Waals surface area (Å²) in [6.45, 7) is 0.820. The molecule has 2 heterocycles. The third-order valence-corrected chi connectivity index (χ3v) is 4.21. The number of hydrogen-bond donors (Lipinski definition) is 2.